The zero-order valence-electron chi connectivity index (χ0n) is 15.4. The number of hydrogen-bond acceptors (Lipinski definition) is 1. The number of hydrogen-bond donors (Lipinski definition) is 0. The fourth-order valence-electron chi connectivity index (χ4n) is 3.64. The maximum absolute atomic E-state index is 4.83. The van der Waals surface area contributed by atoms with E-state index in [4.69, 9.17) is 4.98 Å². The second-order valence-electron chi connectivity index (χ2n) is 7.65. The Morgan fingerprint density at radius 1 is 0.880 bits per heavy atom. The molecule has 0 fully saturated rings. The number of aryl methyl sites for hydroxylation is 1. The van der Waals surface area contributed by atoms with Crippen molar-refractivity contribution in [3.63, 3.8) is 0 Å². The highest BCUT2D eigenvalue weighted by Gasteiger charge is 2.18. The van der Waals surface area contributed by atoms with Gasteiger partial charge in [-0.25, -0.2) is 0 Å². The fourth-order valence-corrected chi connectivity index (χ4v) is 4.68. The Morgan fingerprint density at radius 2 is 1.64 bits per heavy atom. The van der Waals surface area contributed by atoms with Crippen LogP contribution in [0.1, 0.15) is 6.92 Å². The van der Waals surface area contributed by atoms with Crippen LogP contribution in [0.2, 0.25) is 19.6 Å². The zero-order chi connectivity index (χ0) is 17.6. The van der Waals surface area contributed by atoms with Crippen molar-refractivity contribution in [2.45, 2.75) is 33.1 Å². The highest BCUT2D eigenvalue weighted by molar-refractivity contribution is 6.88. The molecule has 3 heteroatoms. The van der Waals surface area contributed by atoms with Crippen molar-refractivity contribution in [2.24, 2.45) is 0 Å². The molecule has 2 aromatic heterocycles. The summed E-state index contributed by atoms with van der Waals surface area (Å²) in [5, 5.41) is 4.03. The van der Waals surface area contributed by atoms with Gasteiger partial charge in [-0.2, -0.15) is 0 Å². The first-order valence-corrected chi connectivity index (χ1v) is 12.5. The van der Waals surface area contributed by atoms with Gasteiger partial charge < -0.3 is 4.57 Å². The van der Waals surface area contributed by atoms with Gasteiger partial charge in [-0.3, -0.25) is 4.98 Å². The van der Waals surface area contributed by atoms with Crippen LogP contribution in [-0.2, 0) is 6.54 Å². The number of aromatic nitrogens is 2. The van der Waals surface area contributed by atoms with Gasteiger partial charge >= 0.3 is 0 Å². The van der Waals surface area contributed by atoms with Crippen molar-refractivity contribution in [3.8, 4) is 11.3 Å². The van der Waals surface area contributed by atoms with Crippen molar-refractivity contribution in [3.05, 3.63) is 60.8 Å². The molecular formula is C22H24N2Si. The first kappa shape index (κ1) is 16.1. The first-order valence-electron chi connectivity index (χ1n) is 8.97. The average Bonchev–Trinajstić information content (AvgIpc) is 2.95. The first-order chi connectivity index (χ1) is 12.0. The topological polar surface area (TPSA) is 17.8 Å². The Labute approximate surface area is 150 Å². The minimum Gasteiger partial charge on any atom is -0.340 e. The highest BCUT2D eigenvalue weighted by Crippen LogP contribution is 2.35. The van der Waals surface area contributed by atoms with Crippen molar-refractivity contribution in [1.82, 2.24) is 9.55 Å². The Bertz CT molecular complexity index is 1050. The molecule has 0 aliphatic heterocycles. The standard InChI is InChI=1S/C22H24N2Si/c1-5-24-21-12-7-6-9-17(21)18-10-8-11-19(22(18)24)20-14-13-16(15-23-20)25(2,3)4/h6-15H,5H2,1-4H3. The quantitative estimate of drug-likeness (QED) is 0.454. The second-order valence-corrected chi connectivity index (χ2v) is 12.7. The normalized spacial score (nSPS) is 12.2. The minimum atomic E-state index is -1.32. The van der Waals surface area contributed by atoms with Crippen LogP contribution in [-0.4, -0.2) is 17.6 Å². The van der Waals surface area contributed by atoms with E-state index < -0.39 is 8.07 Å². The van der Waals surface area contributed by atoms with Gasteiger partial charge in [0.2, 0.25) is 0 Å². The van der Waals surface area contributed by atoms with E-state index in [-0.39, 0.29) is 0 Å². The molecule has 2 aromatic carbocycles. The summed E-state index contributed by atoms with van der Waals surface area (Å²) in [7, 11) is -1.32. The lowest BCUT2D eigenvalue weighted by molar-refractivity contribution is 0.827. The molecular weight excluding hydrogens is 320 g/mol. The van der Waals surface area contributed by atoms with E-state index >= 15 is 0 Å². The summed E-state index contributed by atoms with van der Waals surface area (Å²) in [6.07, 6.45) is 2.08. The highest BCUT2D eigenvalue weighted by atomic mass is 28.3. The van der Waals surface area contributed by atoms with Gasteiger partial charge in [-0.05, 0) is 24.2 Å². The van der Waals surface area contributed by atoms with E-state index in [1.165, 1.54) is 32.6 Å². The van der Waals surface area contributed by atoms with Gasteiger partial charge in [-0.1, -0.05) is 62.1 Å². The molecule has 0 saturated carbocycles. The van der Waals surface area contributed by atoms with Crippen LogP contribution < -0.4 is 5.19 Å². The van der Waals surface area contributed by atoms with Crippen LogP contribution in [0.5, 0.6) is 0 Å². The summed E-state index contributed by atoms with van der Waals surface area (Å²) in [6.45, 7) is 10.2. The summed E-state index contributed by atoms with van der Waals surface area (Å²) in [5.74, 6) is 0. The summed E-state index contributed by atoms with van der Waals surface area (Å²) < 4.78 is 2.41. The lowest BCUT2D eigenvalue weighted by Gasteiger charge is -2.16. The second kappa shape index (κ2) is 5.85. The van der Waals surface area contributed by atoms with Gasteiger partial charge in [0, 0.05) is 34.6 Å². The van der Waals surface area contributed by atoms with E-state index in [0.29, 0.717) is 0 Å². The van der Waals surface area contributed by atoms with Crippen LogP contribution >= 0.6 is 0 Å². The maximum Gasteiger partial charge on any atom is 0.0796 e. The Kier molecular flexibility index (Phi) is 3.77. The number of pyridine rings is 1. The molecule has 2 nitrogen and oxygen atoms in total. The Hall–Kier alpha value is -2.39. The van der Waals surface area contributed by atoms with Gasteiger partial charge in [0.05, 0.1) is 19.3 Å². The van der Waals surface area contributed by atoms with E-state index in [0.717, 1.165) is 12.2 Å². The van der Waals surface area contributed by atoms with Gasteiger partial charge in [0.25, 0.3) is 0 Å². The number of para-hydroxylation sites is 2. The summed E-state index contributed by atoms with van der Waals surface area (Å²) in [5.41, 5.74) is 4.87. The van der Waals surface area contributed by atoms with Crippen LogP contribution in [0.25, 0.3) is 33.1 Å². The number of fused-ring (bicyclic) bond motifs is 3. The number of benzene rings is 2. The maximum atomic E-state index is 4.83. The predicted molar refractivity (Wildman–Crippen MR) is 111 cm³/mol. The largest absolute Gasteiger partial charge is 0.340 e. The number of nitrogens with zero attached hydrogens (tertiary/aromatic N) is 2. The molecule has 0 atom stereocenters. The van der Waals surface area contributed by atoms with Crippen molar-refractivity contribution >= 4 is 35.1 Å². The molecule has 0 aliphatic rings. The molecule has 0 spiro atoms. The van der Waals surface area contributed by atoms with E-state index in [9.17, 15) is 0 Å². The lowest BCUT2D eigenvalue weighted by atomic mass is 10.1. The number of rotatable bonds is 3. The molecule has 0 radical (unpaired) electrons. The van der Waals surface area contributed by atoms with E-state index in [1.54, 1.807) is 0 Å². The molecule has 0 N–H and O–H groups in total. The molecule has 0 saturated heterocycles. The van der Waals surface area contributed by atoms with Crippen LogP contribution in [0.15, 0.2) is 60.8 Å². The molecule has 0 unspecified atom stereocenters. The van der Waals surface area contributed by atoms with Crippen LogP contribution in [0.3, 0.4) is 0 Å². The van der Waals surface area contributed by atoms with Crippen molar-refractivity contribution in [1.29, 1.82) is 0 Å². The summed E-state index contributed by atoms with van der Waals surface area (Å²) in [6, 6.07) is 19.7. The molecule has 2 heterocycles. The van der Waals surface area contributed by atoms with Gasteiger partial charge in [0.15, 0.2) is 0 Å². The monoisotopic (exact) mass is 344 g/mol. The zero-order valence-corrected chi connectivity index (χ0v) is 16.4. The van der Waals surface area contributed by atoms with Crippen molar-refractivity contribution < 1.29 is 0 Å². The predicted octanol–water partition coefficient (Wildman–Crippen LogP) is 5.42. The lowest BCUT2D eigenvalue weighted by Crippen LogP contribution is -2.37. The average molecular weight is 345 g/mol. The van der Waals surface area contributed by atoms with Crippen LogP contribution in [0, 0.1) is 0 Å². The minimum absolute atomic E-state index is 0.952. The van der Waals surface area contributed by atoms with Crippen LogP contribution in [0.4, 0.5) is 0 Å². The summed E-state index contributed by atoms with van der Waals surface area (Å²) in [4.78, 5) is 4.83. The molecule has 25 heavy (non-hydrogen) atoms. The van der Waals surface area contributed by atoms with Crippen molar-refractivity contribution in [2.75, 3.05) is 0 Å². The third kappa shape index (κ3) is 2.59. The molecule has 0 bridgehead atoms. The summed E-state index contributed by atoms with van der Waals surface area (Å²) >= 11 is 0. The Balaban J connectivity index is 1.99. The van der Waals surface area contributed by atoms with Gasteiger partial charge in [-0.15, -0.1) is 0 Å². The van der Waals surface area contributed by atoms with E-state index in [2.05, 4.69) is 91.9 Å². The Morgan fingerprint density at radius 3 is 2.32 bits per heavy atom. The third-order valence-electron chi connectivity index (χ3n) is 5.01. The van der Waals surface area contributed by atoms with E-state index in [1.807, 2.05) is 0 Å². The molecule has 4 aromatic rings. The smallest absolute Gasteiger partial charge is 0.0796 e. The molecule has 4 rings (SSSR count). The molecule has 126 valence electrons. The van der Waals surface area contributed by atoms with Gasteiger partial charge in [0.1, 0.15) is 0 Å². The fraction of sp³-hybridized carbons (Fsp3) is 0.227. The SMILES string of the molecule is CCn1c2ccccc2c2cccc(-c3ccc([Si](C)(C)C)cn3)c21. The molecule has 0 aliphatic carbocycles. The molecule has 0 amide bonds. The third-order valence-corrected chi connectivity index (χ3v) is 7.04.